The minimum atomic E-state index is -0.420. The van der Waals surface area contributed by atoms with Crippen LogP contribution in [0.4, 0.5) is 10.3 Å². The van der Waals surface area contributed by atoms with Gasteiger partial charge in [-0.2, -0.15) is 0 Å². The molecule has 34 heavy (non-hydrogen) atoms. The number of aromatic nitrogens is 2. The zero-order valence-corrected chi connectivity index (χ0v) is 19.1. The number of methoxy groups -OCH3 is 1. The minimum absolute atomic E-state index is 0.155. The van der Waals surface area contributed by atoms with Crippen LogP contribution in [-0.2, 0) is 11.3 Å². The van der Waals surface area contributed by atoms with Gasteiger partial charge in [0.15, 0.2) is 0 Å². The lowest BCUT2D eigenvalue weighted by atomic mass is 10.0. The minimum Gasteiger partial charge on any atom is -0.497 e. The second kappa shape index (κ2) is 9.77. The number of carbonyl (C=O) groups excluding carboxylic acids is 1. The van der Waals surface area contributed by atoms with Crippen molar-refractivity contribution in [3.63, 3.8) is 0 Å². The Morgan fingerprint density at radius 2 is 1.88 bits per heavy atom. The van der Waals surface area contributed by atoms with Crippen LogP contribution in [0.3, 0.4) is 0 Å². The molecule has 1 aliphatic heterocycles. The molecule has 1 saturated heterocycles. The van der Waals surface area contributed by atoms with E-state index in [-0.39, 0.29) is 11.9 Å². The highest BCUT2D eigenvalue weighted by Crippen LogP contribution is 2.33. The number of hydrogen-bond donors (Lipinski definition) is 0. The van der Waals surface area contributed by atoms with Gasteiger partial charge >= 0.3 is 0 Å². The van der Waals surface area contributed by atoms with Crippen molar-refractivity contribution >= 4 is 11.9 Å². The molecule has 1 aromatic heterocycles. The maximum Gasteiger partial charge on any atom is 0.258 e. The Labute approximate surface area is 198 Å². The Morgan fingerprint density at radius 3 is 2.56 bits per heavy atom. The third kappa shape index (κ3) is 4.72. The van der Waals surface area contributed by atoms with Gasteiger partial charge in [-0.25, -0.2) is 14.4 Å². The molecule has 1 aliphatic carbocycles. The van der Waals surface area contributed by atoms with Crippen molar-refractivity contribution in [2.45, 2.75) is 25.4 Å². The Hall–Kier alpha value is -3.52. The van der Waals surface area contributed by atoms with Crippen LogP contribution in [0.2, 0.25) is 0 Å². The Kier molecular flexibility index (Phi) is 6.40. The number of amides is 1. The second-order valence-electron chi connectivity index (χ2n) is 8.52. The van der Waals surface area contributed by atoms with E-state index in [2.05, 4.69) is 4.98 Å². The van der Waals surface area contributed by atoms with Gasteiger partial charge in [0.05, 0.1) is 31.6 Å². The van der Waals surface area contributed by atoms with Gasteiger partial charge < -0.3 is 19.3 Å². The summed E-state index contributed by atoms with van der Waals surface area (Å²) in [4.78, 5) is 26.9. The molecule has 1 saturated carbocycles. The summed E-state index contributed by atoms with van der Waals surface area (Å²) in [5, 5.41) is 0. The average molecular weight is 463 g/mol. The normalized spacial score (nSPS) is 15.8. The molecule has 2 fully saturated rings. The molecule has 0 bridgehead atoms. The van der Waals surface area contributed by atoms with Crippen molar-refractivity contribution < 1.29 is 18.7 Å². The van der Waals surface area contributed by atoms with Crippen LogP contribution in [0.15, 0.2) is 54.7 Å². The van der Waals surface area contributed by atoms with Gasteiger partial charge in [-0.15, -0.1) is 0 Å². The van der Waals surface area contributed by atoms with Crippen LogP contribution in [0, 0.1) is 5.82 Å². The maximum absolute atomic E-state index is 14.9. The SMILES string of the molecule is COc1ccc(CN(C(=O)c2cnc(N3CCOCC3)nc2-c2ccccc2F)C2CC2)cc1. The molecule has 0 unspecified atom stereocenters. The number of carbonyl (C=O) groups is 1. The number of morpholine rings is 1. The molecule has 0 N–H and O–H groups in total. The Balaban J connectivity index is 1.51. The highest BCUT2D eigenvalue weighted by molar-refractivity contribution is 6.00. The summed E-state index contributed by atoms with van der Waals surface area (Å²) >= 11 is 0. The summed E-state index contributed by atoms with van der Waals surface area (Å²) in [5.41, 5.74) is 1.92. The fourth-order valence-electron chi connectivity index (χ4n) is 4.14. The average Bonchev–Trinajstić information content (AvgIpc) is 3.73. The lowest BCUT2D eigenvalue weighted by molar-refractivity contribution is 0.0730. The summed E-state index contributed by atoms with van der Waals surface area (Å²) < 4.78 is 25.5. The number of halogens is 1. The van der Waals surface area contributed by atoms with E-state index in [1.54, 1.807) is 31.5 Å². The first-order valence-electron chi connectivity index (χ1n) is 11.5. The predicted molar refractivity (Wildman–Crippen MR) is 126 cm³/mol. The Morgan fingerprint density at radius 1 is 1.15 bits per heavy atom. The summed E-state index contributed by atoms with van der Waals surface area (Å²) in [5.74, 6) is 0.634. The molecule has 176 valence electrons. The highest BCUT2D eigenvalue weighted by atomic mass is 19.1. The van der Waals surface area contributed by atoms with E-state index in [1.165, 1.54) is 6.07 Å². The number of hydrogen-bond acceptors (Lipinski definition) is 6. The van der Waals surface area contributed by atoms with E-state index < -0.39 is 5.82 Å². The smallest absolute Gasteiger partial charge is 0.258 e. The van der Waals surface area contributed by atoms with Crippen LogP contribution in [-0.4, -0.2) is 60.2 Å². The molecule has 0 radical (unpaired) electrons. The first kappa shape index (κ1) is 22.3. The molecule has 2 aromatic carbocycles. The van der Waals surface area contributed by atoms with Gasteiger partial charge in [-0.3, -0.25) is 4.79 Å². The van der Waals surface area contributed by atoms with Gasteiger partial charge in [-0.05, 0) is 42.7 Å². The number of anilines is 1. The van der Waals surface area contributed by atoms with Crippen LogP contribution in [0.25, 0.3) is 11.3 Å². The van der Waals surface area contributed by atoms with Crippen molar-refractivity contribution in [3.8, 4) is 17.0 Å². The molecule has 0 atom stereocenters. The van der Waals surface area contributed by atoms with Gasteiger partial charge in [0.25, 0.3) is 5.91 Å². The highest BCUT2D eigenvalue weighted by Gasteiger charge is 2.35. The van der Waals surface area contributed by atoms with E-state index in [0.717, 1.165) is 24.2 Å². The molecule has 1 amide bonds. The third-order valence-corrected chi connectivity index (χ3v) is 6.19. The van der Waals surface area contributed by atoms with E-state index in [0.29, 0.717) is 55.6 Å². The molecule has 5 rings (SSSR count). The molecule has 3 aromatic rings. The summed E-state index contributed by atoms with van der Waals surface area (Å²) in [6.45, 7) is 2.91. The standard InChI is InChI=1S/C26H27FN4O3/c1-33-20-10-6-18(7-11-20)17-31(19-8-9-19)25(32)22-16-28-26(30-12-14-34-15-13-30)29-24(22)21-4-2-3-5-23(21)27/h2-7,10-11,16,19H,8-9,12-15,17H2,1H3. The molecular weight excluding hydrogens is 435 g/mol. The fourth-order valence-corrected chi connectivity index (χ4v) is 4.14. The van der Waals surface area contributed by atoms with E-state index >= 15 is 0 Å². The van der Waals surface area contributed by atoms with Gasteiger partial charge in [-0.1, -0.05) is 24.3 Å². The second-order valence-corrected chi connectivity index (χ2v) is 8.52. The van der Waals surface area contributed by atoms with Gasteiger partial charge in [0, 0.05) is 37.4 Å². The van der Waals surface area contributed by atoms with Gasteiger partial charge in [0.2, 0.25) is 5.95 Å². The molecular formula is C26H27FN4O3. The van der Waals surface area contributed by atoms with Crippen LogP contribution < -0.4 is 9.64 Å². The van der Waals surface area contributed by atoms with Gasteiger partial charge in [0.1, 0.15) is 11.6 Å². The zero-order chi connectivity index (χ0) is 23.5. The van der Waals surface area contributed by atoms with Crippen molar-refractivity contribution in [3.05, 3.63) is 71.7 Å². The lowest BCUT2D eigenvalue weighted by Gasteiger charge is -2.28. The zero-order valence-electron chi connectivity index (χ0n) is 19.1. The molecule has 8 heteroatoms. The third-order valence-electron chi connectivity index (χ3n) is 6.19. The Bertz CT molecular complexity index is 1160. The summed E-state index contributed by atoms with van der Waals surface area (Å²) in [6, 6.07) is 14.3. The maximum atomic E-state index is 14.9. The fraction of sp³-hybridized carbons (Fsp3) is 0.346. The molecule has 7 nitrogen and oxygen atoms in total. The van der Waals surface area contributed by atoms with Crippen molar-refractivity contribution in [1.82, 2.24) is 14.9 Å². The van der Waals surface area contributed by atoms with Crippen LogP contribution >= 0.6 is 0 Å². The van der Waals surface area contributed by atoms with Crippen LogP contribution in [0.5, 0.6) is 5.75 Å². The largest absolute Gasteiger partial charge is 0.497 e. The number of ether oxygens (including phenoxy) is 2. The number of benzene rings is 2. The first-order valence-corrected chi connectivity index (χ1v) is 11.5. The topological polar surface area (TPSA) is 67.8 Å². The summed E-state index contributed by atoms with van der Waals surface area (Å²) in [7, 11) is 1.62. The van der Waals surface area contributed by atoms with Crippen molar-refractivity contribution in [1.29, 1.82) is 0 Å². The van der Waals surface area contributed by atoms with E-state index in [9.17, 15) is 9.18 Å². The predicted octanol–water partition coefficient (Wildman–Crippen LogP) is 3.93. The monoisotopic (exact) mass is 462 g/mol. The van der Waals surface area contributed by atoms with Crippen molar-refractivity contribution in [2.75, 3.05) is 38.3 Å². The van der Waals surface area contributed by atoms with E-state index in [4.69, 9.17) is 14.5 Å². The molecule has 2 aliphatic rings. The number of nitrogens with zero attached hydrogens (tertiary/aromatic N) is 4. The van der Waals surface area contributed by atoms with Crippen LogP contribution in [0.1, 0.15) is 28.8 Å². The first-order chi connectivity index (χ1) is 16.6. The molecule has 0 spiro atoms. The molecule has 2 heterocycles. The summed E-state index contributed by atoms with van der Waals surface area (Å²) in [6.07, 6.45) is 3.44. The van der Waals surface area contributed by atoms with Crippen molar-refractivity contribution in [2.24, 2.45) is 0 Å². The lowest BCUT2D eigenvalue weighted by Crippen LogP contribution is -2.38. The van der Waals surface area contributed by atoms with E-state index in [1.807, 2.05) is 34.1 Å². The quantitative estimate of drug-likeness (QED) is 0.530. The number of rotatable bonds is 7.